The van der Waals surface area contributed by atoms with Crippen molar-refractivity contribution in [3.05, 3.63) is 65.5 Å². The maximum Gasteiger partial charge on any atom is 0.124 e. The van der Waals surface area contributed by atoms with E-state index in [4.69, 9.17) is 4.74 Å². The second-order valence-electron chi connectivity index (χ2n) is 6.16. The highest BCUT2D eigenvalue weighted by Crippen LogP contribution is 2.39. The Balaban J connectivity index is 1.77. The first-order chi connectivity index (χ1) is 10.0. The second-order valence-corrected chi connectivity index (χ2v) is 6.16. The minimum Gasteiger partial charge on any atom is -0.487 e. The molecule has 1 heterocycles. The quantitative estimate of drug-likeness (QED) is 0.911. The fourth-order valence-electron chi connectivity index (χ4n) is 2.83. The van der Waals surface area contributed by atoms with Crippen molar-refractivity contribution in [2.24, 2.45) is 0 Å². The summed E-state index contributed by atoms with van der Waals surface area (Å²) in [4.78, 5) is 0. The van der Waals surface area contributed by atoms with Crippen molar-refractivity contribution in [2.75, 3.05) is 0 Å². The molecule has 1 unspecified atom stereocenters. The van der Waals surface area contributed by atoms with E-state index in [1.165, 1.54) is 17.7 Å². The van der Waals surface area contributed by atoms with Crippen LogP contribution in [0, 0.1) is 5.82 Å². The summed E-state index contributed by atoms with van der Waals surface area (Å²) in [6, 6.07) is 15.0. The molecule has 110 valence electrons. The van der Waals surface area contributed by atoms with Gasteiger partial charge >= 0.3 is 0 Å². The van der Waals surface area contributed by atoms with Crippen molar-refractivity contribution >= 4 is 0 Å². The summed E-state index contributed by atoms with van der Waals surface area (Å²) in [7, 11) is 0. The second kappa shape index (κ2) is 5.49. The van der Waals surface area contributed by atoms with Gasteiger partial charge in [-0.05, 0) is 37.6 Å². The average Bonchev–Trinajstić information content (AvgIpc) is 2.45. The van der Waals surface area contributed by atoms with Crippen LogP contribution >= 0.6 is 0 Å². The van der Waals surface area contributed by atoms with Crippen LogP contribution in [-0.2, 0) is 6.54 Å². The third-order valence-corrected chi connectivity index (χ3v) is 3.84. The Morgan fingerprint density at radius 3 is 2.62 bits per heavy atom. The summed E-state index contributed by atoms with van der Waals surface area (Å²) in [5.41, 5.74) is 2.09. The van der Waals surface area contributed by atoms with Gasteiger partial charge in [0.05, 0.1) is 0 Å². The molecule has 0 amide bonds. The van der Waals surface area contributed by atoms with Crippen molar-refractivity contribution in [3.8, 4) is 5.75 Å². The van der Waals surface area contributed by atoms with Crippen molar-refractivity contribution in [3.63, 3.8) is 0 Å². The fraction of sp³-hybridized carbons (Fsp3) is 0.333. The molecular formula is C18H20FNO. The molecule has 2 aromatic carbocycles. The molecule has 3 rings (SSSR count). The Kier molecular flexibility index (Phi) is 3.68. The zero-order chi connectivity index (χ0) is 14.9. The van der Waals surface area contributed by atoms with E-state index in [0.29, 0.717) is 0 Å². The molecular weight excluding hydrogens is 265 g/mol. The third kappa shape index (κ3) is 3.24. The van der Waals surface area contributed by atoms with E-state index in [1.807, 2.05) is 30.3 Å². The van der Waals surface area contributed by atoms with Gasteiger partial charge in [-0.3, -0.25) is 0 Å². The molecule has 0 saturated carbocycles. The molecule has 1 aliphatic heterocycles. The molecule has 0 aromatic heterocycles. The Bertz CT molecular complexity index is 621. The molecule has 1 aliphatic rings. The Hall–Kier alpha value is -1.87. The summed E-state index contributed by atoms with van der Waals surface area (Å²) in [5, 5.41) is 3.57. The summed E-state index contributed by atoms with van der Waals surface area (Å²) >= 11 is 0. The van der Waals surface area contributed by atoms with E-state index in [-0.39, 0.29) is 17.5 Å². The lowest BCUT2D eigenvalue weighted by Crippen LogP contribution is -2.39. The Morgan fingerprint density at radius 2 is 1.86 bits per heavy atom. The number of halogens is 1. The van der Waals surface area contributed by atoms with Gasteiger partial charge < -0.3 is 10.1 Å². The number of hydrogen-bond donors (Lipinski definition) is 1. The molecule has 1 N–H and O–H groups in total. The zero-order valence-electron chi connectivity index (χ0n) is 12.4. The van der Waals surface area contributed by atoms with E-state index >= 15 is 0 Å². The molecule has 0 radical (unpaired) electrons. The number of nitrogens with one attached hydrogen (secondary N) is 1. The summed E-state index contributed by atoms with van der Waals surface area (Å²) < 4.78 is 19.0. The van der Waals surface area contributed by atoms with Crippen LogP contribution in [0.25, 0.3) is 0 Å². The molecule has 2 nitrogen and oxygen atoms in total. The standard InChI is InChI=1S/C18H20FNO/c1-18(2)11-16(15-5-3-4-6-17(15)21-18)20-12-13-7-9-14(19)10-8-13/h3-10,16,20H,11-12H2,1-2H3. The van der Waals surface area contributed by atoms with Crippen LogP contribution in [-0.4, -0.2) is 5.60 Å². The highest BCUT2D eigenvalue weighted by molar-refractivity contribution is 5.38. The van der Waals surface area contributed by atoms with Gasteiger partial charge in [-0.1, -0.05) is 30.3 Å². The van der Waals surface area contributed by atoms with E-state index in [2.05, 4.69) is 25.2 Å². The van der Waals surface area contributed by atoms with Gasteiger partial charge in [-0.15, -0.1) is 0 Å². The molecule has 2 aromatic rings. The number of fused-ring (bicyclic) bond motifs is 1. The first-order valence-electron chi connectivity index (χ1n) is 7.29. The van der Waals surface area contributed by atoms with Crippen molar-refractivity contribution in [2.45, 2.75) is 38.5 Å². The van der Waals surface area contributed by atoms with E-state index in [1.54, 1.807) is 0 Å². The first kappa shape index (κ1) is 14.1. The van der Waals surface area contributed by atoms with Gasteiger partial charge in [-0.25, -0.2) is 4.39 Å². The van der Waals surface area contributed by atoms with Crippen LogP contribution in [0.3, 0.4) is 0 Å². The van der Waals surface area contributed by atoms with Crippen LogP contribution < -0.4 is 10.1 Å². The van der Waals surface area contributed by atoms with Crippen LogP contribution in [0.15, 0.2) is 48.5 Å². The third-order valence-electron chi connectivity index (χ3n) is 3.84. The molecule has 0 fully saturated rings. The fourth-order valence-corrected chi connectivity index (χ4v) is 2.83. The van der Waals surface area contributed by atoms with Gasteiger partial charge in [0.25, 0.3) is 0 Å². The number of hydrogen-bond acceptors (Lipinski definition) is 2. The van der Waals surface area contributed by atoms with Crippen LogP contribution in [0.2, 0.25) is 0 Å². The summed E-state index contributed by atoms with van der Waals surface area (Å²) in [5.74, 6) is 0.752. The topological polar surface area (TPSA) is 21.3 Å². The number of benzene rings is 2. The molecule has 0 bridgehead atoms. The number of ether oxygens (including phenoxy) is 1. The Morgan fingerprint density at radius 1 is 1.14 bits per heavy atom. The smallest absolute Gasteiger partial charge is 0.124 e. The molecule has 21 heavy (non-hydrogen) atoms. The molecule has 0 spiro atoms. The predicted molar refractivity (Wildman–Crippen MR) is 81.7 cm³/mol. The lowest BCUT2D eigenvalue weighted by molar-refractivity contribution is 0.0657. The lowest BCUT2D eigenvalue weighted by atomic mass is 9.89. The van der Waals surface area contributed by atoms with Crippen molar-refractivity contribution in [1.29, 1.82) is 0 Å². The van der Waals surface area contributed by atoms with E-state index < -0.39 is 0 Å². The van der Waals surface area contributed by atoms with Gasteiger partial charge in [0.2, 0.25) is 0 Å². The van der Waals surface area contributed by atoms with Gasteiger partial charge in [0, 0.05) is 24.6 Å². The van der Waals surface area contributed by atoms with E-state index in [9.17, 15) is 4.39 Å². The first-order valence-corrected chi connectivity index (χ1v) is 7.29. The highest BCUT2D eigenvalue weighted by atomic mass is 19.1. The SMILES string of the molecule is CC1(C)CC(NCc2ccc(F)cc2)c2ccccc2O1. The summed E-state index contributed by atoms with van der Waals surface area (Å²) in [6.45, 7) is 4.93. The van der Waals surface area contributed by atoms with Crippen LogP contribution in [0.1, 0.15) is 37.4 Å². The Labute approximate surface area is 125 Å². The number of rotatable bonds is 3. The van der Waals surface area contributed by atoms with Crippen molar-refractivity contribution < 1.29 is 9.13 Å². The van der Waals surface area contributed by atoms with Gasteiger partial charge in [0.1, 0.15) is 17.2 Å². The zero-order valence-corrected chi connectivity index (χ0v) is 12.4. The van der Waals surface area contributed by atoms with Crippen LogP contribution in [0.5, 0.6) is 5.75 Å². The number of para-hydroxylation sites is 1. The summed E-state index contributed by atoms with van der Waals surface area (Å²) in [6.07, 6.45) is 0.908. The van der Waals surface area contributed by atoms with Crippen LogP contribution in [0.4, 0.5) is 4.39 Å². The average molecular weight is 285 g/mol. The van der Waals surface area contributed by atoms with E-state index in [0.717, 1.165) is 24.3 Å². The molecule has 0 saturated heterocycles. The minimum absolute atomic E-state index is 0.186. The minimum atomic E-state index is -0.198. The molecule has 0 aliphatic carbocycles. The van der Waals surface area contributed by atoms with Gasteiger partial charge in [0.15, 0.2) is 0 Å². The predicted octanol–water partition coefficient (Wildman–Crippen LogP) is 4.22. The molecule has 1 atom stereocenters. The monoisotopic (exact) mass is 285 g/mol. The lowest BCUT2D eigenvalue weighted by Gasteiger charge is -2.38. The maximum absolute atomic E-state index is 12.9. The van der Waals surface area contributed by atoms with Crippen molar-refractivity contribution in [1.82, 2.24) is 5.32 Å². The maximum atomic E-state index is 12.9. The van der Waals surface area contributed by atoms with Gasteiger partial charge in [-0.2, -0.15) is 0 Å². The molecule has 3 heteroatoms. The largest absolute Gasteiger partial charge is 0.487 e. The highest BCUT2D eigenvalue weighted by Gasteiger charge is 2.33. The normalized spacial score (nSPS) is 19.7.